The van der Waals surface area contributed by atoms with Gasteiger partial charge in [0.1, 0.15) is 0 Å². The monoisotopic (exact) mass is 332 g/mol. The summed E-state index contributed by atoms with van der Waals surface area (Å²) in [6.45, 7) is 1.48. The Morgan fingerprint density at radius 2 is 1.87 bits per heavy atom. The molecule has 2 N–H and O–H groups in total. The van der Waals surface area contributed by atoms with Crippen LogP contribution < -0.4 is 10.6 Å². The quantitative estimate of drug-likeness (QED) is 0.822. The average Bonchev–Trinajstić information content (AvgIpc) is 2.56. The molecule has 0 aliphatic heterocycles. The number of ether oxygens (including phenoxy) is 1. The molecular weight excluding hydrogens is 316 g/mol. The van der Waals surface area contributed by atoms with E-state index in [2.05, 4.69) is 10.6 Å². The van der Waals surface area contributed by atoms with Crippen LogP contribution in [0.1, 0.15) is 15.9 Å². The van der Waals surface area contributed by atoms with Crippen molar-refractivity contribution in [1.82, 2.24) is 0 Å². The number of para-hydroxylation sites is 1. The van der Waals surface area contributed by atoms with E-state index in [1.54, 1.807) is 49.5 Å². The first-order chi connectivity index (χ1) is 11.0. The number of hydrogen-bond acceptors (Lipinski definition) is 4. The molecule has 6 heteroatoms. The first kappa shape index (κ1) is 16.8. The molecule has 0 atom stereocenters. The highest BCUT2D eigenvalue weighted by molar-refractivity contribution is 6.31. The molecule has 0 saturated carbocycles. The fourth-order valence-corrected chi connectivity index (χ4v) is 2.18. The Morgan fingerprint density at radius 3 is 2.61 bits per heavy atom. The molecule has 0 fully saturated rings. The zero-order valence-electron chi connectivity index (χ0n) is 12.9. The molecule has 5 nitrogen and oxygen atoms in total. The summed E-state index contributed by atoms with van der Waals surface area (Å²) in [6, 6.07) is 12.1. The SMILES string of the molecule is CNc1ccccc1C(=O)OCC(=O)Nc1cc(Cl)ccc1C. The Kier molecular flexibility index (Phi) is 5.60. The van der Waals surface area contributed by atoms with Crippen LogP contribution in [-0.2, 0) is 9.53 Å². The van der Waals surface area contributed by atoms with Crippen LogP contribution in [0, 0.1) is 6.92 Å². The predicted molar refractivity (Wildman–Crippen MR) is 91.1 cm³/mol. The number of aryl methyl sites for hydroxylation is 1. The van der Waals surface area contributed by atoms with Crippen LogP contribution >= 0.6 is 11.6 Å². The van der Waals surface area contributed by atoms with Crippen molar-refractivity contribution in [2.75, 3.05) is 24.3 Å². The third kappa shape index (κ3) is 4.47. The lowest BCUT2D eigenvalue weighted by molar-refractivity contribution is -0.119. The summed E-state index contributed by atoms with van der Waals surface area (Å²) in [5.74, 6) is -0.987. The zero-order chi connectivity index (χ0) is 16.8. The molecule has 0 aliphatic rings. The smallest absolute Gasteiger partial charge is 0.340 e. The van der Waals surface area contributed by atoms with Crippen LogP contribution in [0.4, 0.5) is 11.4 Å². The number of esters is 1. The van der Waals surface area contributed by atoms with Gasteiger partial charge in [0.15, 0.2) is 6.61 Å². The van der Waals surface area contributed by atoms with Crippen LogP contribution in [-0.4, -0.2) is 25.5 Å². The van der Waals surface area contributed by atoms with Gasteiger partial charge in [-0.3, -0.25) is 4.79 Å². The van der Waals surface area contributed by atoms with E-state index >= 15 is 0 Å². The number of benzene rings is 2. The molecule has 0 unspecified atom stereocenters. The summed E-state index contributed by atoms with van der Waals surface area (Å²) >= 11 is 5.90. The second kappa shape index (κ2) is 7.65. The second-order valence-corrected chi connectivity index (χ2v) is 5.32. The van der Waals surface area contributed by atoms with Gasteiger partial charge in [0.05, 0.1) is 5.56 Å². The summed E-state index contributed by atoms with van der Waals surface area (Å²) in [5, 5.41) is 6.09. The lowest BCUT2D eigenvalue weighted by Crippen LogP contribution is -2.21. The van der Waals surface area contributed by atoms with Crippen molar-refractivity contribution in [2.45, 2.75) is 6.92 Å². The van der Waals surface area contributed by atoms with Gasteiger partial charge >= 0.3 is 5.97 Å². The topological polar surface area (TPSA) is 67.4 Å². The highest BCUT2D eigenvalue weighted by atomic mass is 35.5. The zero-order valence-corrected chi connectivity index (χ0v) is 13.6. The number of hydrogen-bond donors (Lipinski definition) is 2. The maximum absolute atomic E-state index is 12.0. The Balaban J connectivity index is 1.96. The van der Waals surface area contributed by atoms with Crippen molar-refractivity contribution in [3.8, 4) is 0 Å². The van der Waals surface area contributed by atoms with Crippen molar-refractivity contribution in [1.29, 1.82) is 0 Å². The number of carbonyl (C=O) groups is 2. The van der Waals surface area contributed by atoms with Crippen LogP contribution in [0.5, 0.6) is 0 Å². The molecule has 0 spiro atoms. The van der Waals surface area contributed by atoms with Crippen molar-refractivity contribution >= 4 is 34.9 Å². The second-order valence-electron chi connectivity index (χ2n) is 4.88. The van der Waals surface area contributed by atoms with Gasteiger partial charge in [-0.25, -0.2) is 4.79 Å². The van der Waals surface area contributed by atoms with Crippen molar-refractivity contribution in [3.63, 3.8) is 0 Å². The maximum Gasteiger partial charge on any atom is 0.340 e. The van der Waals surface area contributed by atoms with Gasteiger partial charge < -0.3 is 15.4 Å². The standard InChI is InChI=1S/C17H17ClN2O3/c1-11-7-8-12(18)9-15(11)20-16(21)10-23-17(22)13-5-3-4-6-14(13)19-2/h3-9,19H,10H2,1-2H3,(H,20,21). The number of carbonyl (C=O) groups excluding carboxylic acids is 2. The minimum absolute atomic E-state index is 0.372. The van der Waals surface area contributed by atoms with E-state index in [1.165, 1.54) is 0 Å². The predicted octanol–water partition coefficient (Wildman–Crippen LogP) is 3.49. The largest absolute Gasteiger partial charge is 0.452 e. The van der Waals surface area contributed by atoms with Gasteiger partial charge in [-0.2, -0.15) is 0 Å². The van der Waals surface area contributed by atoms with E-state index < -0.39 is 11.9 Å². The number of rotatable bonds is 5. The molecule has 0 aromatic heterocycles. The van der Waals surface area contributed by atoms with Crippen LogP contribution in [0.15, 0.2) is 42.5 Å². The van der Waals surface area contributed by atoms with Crippen molar-refractivity contribution < 1.29 is 14.3 Å². The van der Waals surface area contributed by atoms with Gasteiger partial charge in [0.2, 0.25) is 0 Å². The molecule has 0 bridgehead atoms. The number of nitrogens with one attached hydrogen (secondary N) is 2. The highest BCUT2D eigenvalue weighted by Crippen LogP contribution is 2.20. The lowest BCUT2D eigenvalue weighted by atomic mass is 10.2. The van der Waals surface area contributed by atoms with Gasteiger partial charge in [0.25, 0.3) is 5.91 Å². The van der Waals surface area contributed by atoms with E-state index in [1.807, 2.05) is 6.92 Å². The van der Waals surface area contributed by atoms with Gasteiger partial charge in [-0.05, 0) is 36.8 Å². The van der Waals surface area contributed by atoms with Gasteiger partial charge in [-0.15, -0.1) is 0 Å². The number of amides is 1. The normalized spacial score (nSPS) is 10.0. The number of anilines is 2. The Hall–Kier alpha value is -2.53. The van der Waals surface area contributed by atoms with Gasteiger partial charge in [-0.1, -0.05) is 29.8 Å². The van der Waals surface area contributed by atoms with E-state index in [9.17, 15) is 9.59 Å². The fourth-order valence-electron chi connectivity index (χ4n) is 2.00. The van der Waals surface area contributed by atoms with Crippen LogP contribution in [0.25, 0.3) is 0 Å². The summed E-state index contributed by atoms with van der Waals surface area (Å²) in [7, 11) is 1.71. The van der Waals surface area contributed by atoms with Crippen molar-refractivity contribution in [2.24, 2.45) is 0 Å². The molecule has 0 saturated heterocycles. The molecule has 0 heterocycles. The third-order valence-electron chi connectivity index (χ3n) is 3.22. The molecule has 2 aromatic carbocycles. The van der Waals surface area contributed by atoms with E-state index in [-0.39, 0.29) is 6.61 Å². The number of halogens is 1. The van der Waals surface area contributed by atoms with E-state index in [4.69, 9.17) is 16.3 Å². The van der Waals surface area contributed by atoms with Crippen molar-refractivity contribution in [3.05, 3.63) is 58.6 Å². The van der Waals surface area contributed by atoms with Crippen LogP contribution in [0.2, 0.25) is 5.02 Å². The van der Waals surface area contributed by atoms with E-state index in [0.29, 0.717) is 22.0 Å². The minimum Gasteiger partial charge on any atom is -0.452 e. The molecular formula is C17H17ClN2O3. The first-order valence-corrected chi connectivity index (χ1v) is 7.39. The first-order valence-electron chi connectivity index (χ1n) is 7.01. The third-order valence-corrected chi connectivity index (χ3v) is 3.46. The molecule has 2 aromatic rings. The summed E-state index contributed by atoms with van der Waals surface area (Å²) in [5.41, 5.74) is 2.48. The average molecular weight is 333 g/mol. The summed E-state index contributed by atoms with van der Waals surface area (Å²) < 4.78 is 5.05. The van der Waals surface area contributed by atoms with Gasteiger partial charge in [0, 0.05) is 23.4 Å². The minimum atomic E-state index is -0.562. The molecule has 1 amide bonds. The summed E-state index contributed by atoms with van der Waals surface area (Å²) in [6.07, 6.45) is 0. The highest BCUT2D eigenvalue weighted by Gasteiger charge is 2.14. The molecule has 120 valence electrons. The van der Waals surface area contributed by atoms with Crippen LogP contribution in [0.3, 0.4) is 0 Å². The molecule has 0 aliphatic carbocycles. The Bertz CT molecular complexity index is 732. The molecule has 0 radical (unpaired) electrons. The summed E-state index contributed by atoms with van der Waals surface area (Å²) in [4.78, 5) is 24.0. The molecule has 2 rings (SSSR count). The fraction of sp³-hybridized carbons (Fsp3) is 0.176. The Morgan fingerprint density at radius 1 is 1.13 bits per heavy atom. The maximum atomic E-state index is 12.0. The lowest BCUT2D eigenvalue weighted by Gasteiger charge is -2.11. The van der Waals surface area contributed by atoms with E-state index in [0.717, 1.165) is 5.56 Å². The molecule has 23 heavy (non-hydrogen) atoms. The Labute approximate surface area is 139 Å².